The number of benzene rings is 2. The van der Waals surface area contributed by atoms with Gasteiger partial charge in [0, 0.05) is 11.8 Å². The molecule has 0 saturated carbocycles. The molecule has 2 aromatic carbocycles. The third-order valence-corrected chi connectivity index (χ3v) is 4.60. The van der Waals surface area contributed by atoms with Gasteiger partial charge in [-0.2, -0.15) is 0 Å². The van der Waals surface area contributed by atoms with E-state index >= 15 is 0 Å². The number of nitrogens with zero attached hydrogens (tertiary/aromatic N) is 1. The first kappa shape index (κ1) is 12.5. The van der Waals surface area contributed by atoms with Gasteiger partial charge in [-0.15, -0.1) is 0 Å². The molecule has 1 unspecified atom stereocenters. The zero-order chi connectivity index (χ0) is 13.1. The number of amidine groups is 1. The van der Waals surface area contributed by atoms with Crippen LogP contribution in [0.2, 0.25) is 0 Å². The zero-order valence-corrected chi connectivity index (χ0v) is 11.9. The molecule has 19 heavy (non-hydrogen) atoms. The molecule has 98 valence electrons. The summed E-state index contributed by atoms with van der Waals surface area (Å²) in [5.41, 5.74) is 1.30. The molecule has 1 aliphatic rings. The SMILES string of the molecule is CCC1CSC(=NCc2cccc3ccccc23)N1. The van der Waals surface area contributed by atoms with Crippen LogP contribution in [0.1, 0.15) is 18.9 Å². The van der Waals surface area contributed by atoms with Gasteiger partial charge in [0.25, 0.3) is 0 Å². The number of rotatable bonds is 3. The van der Waals surface area contributed by atoms with E-state index in [1.165, 1.54) is 22.8 Å². The number of thioether (sulfide) groups is 1. The van der Waals surface area contributed by atoms with Gasteiger partial charge in [0.15, 0.2) is 5.17 Å². The van der Waals surface area contributed by atoms with Gasteiger partial charge >= 0.3 is 0 Å². The summed E-state index contributed by atoms with van der Waals surface area (Å²) in [6.45, 7) is 2.97. The molecule has 1 aliphatic heterocycles. The summed E-state index contributed by atoms with van der Waals surface area (Å²) in [7, 11) is 0. The van der Waals surface area contributed by atoms with Crippen molar-refractivity contribution >= 4 is 27.7 Å². The molecule has 0 aliphatic carbocycles. The standard InChI is InChI=1S/C16H18N2S/c1-2-14-11-19-16(18-14)17-10-13-8-5-7-12-6-3-4-9-15(12)13/h3-9,14H,2,10-11H2,1H3,(H,17,18). The van der Waals surface area contributed by atoms with E-state index in [4.69, 9.17) is 4.99 Å². The van der Waals surface area contributed by atoms with Gasteiger partial charge in [-0.05, 0) is 22.8 Å². The summed E-state index contributed by atoms with van der Waals surface area (Å²) < 4.78 is 0. The maximum Gasteiger partial charge on any atom is 0.157 e. The Labute approximate surface area is 118 Å². The summed E-state index contributed by atoms with van der Waals surface area (Å²) >= 11 is 1.84. The lowest BCUT2D eigenvalue weighted by Crippen LogP contribution is -2.25. The Balaban J connectivity index is 1.81. The molecule has 0 spiro atoms. The van der Waals surface area contributed by atoms with Crippen LogP contribution in [0, 0.1) is 0 Å². The molecule has 3 rings (SSSR count). The van der Waals surface area contributed by atoms with Gasteiger partial charge in [-0.3, -0.25) is 4.99 Å². The highest BCUT2D eigenvalue weighted by atomic mass is 32.2. The van der Waals surface area contributed by atoms with E-state index < -0.39 is 0 Å². The summed E-state index contributed by atoms with van der Waals surface area (Å²) in [6.07, 6.45) is 1.17. The van der Waals surface area contributed by atoms with Gasteiger partial charge in [0.2, 0.25) is 0 Å². The minimum atomic E-state index is 0.594. The van der Waals surface area contributed by atoms with E-state index in [0.29, 0.717) is 6.04 Å². The van der Waals surface area contributed by atoms with Crippen molar-refractivity contribution in [2.75, 3.05) is 5.75 Å². The first-order valence-electron chi connectivity index (χ1n) is 6.77. The highest BCUT2D eigenvalue weighted by Gasteiger charge is 2.17. The highest BCUT2D eigenvalue weighted by molar-refractivity contribution is 8.14. The van der Waals surface area contributed by atoms with Crippen LogP contribution in [-0.2, 0) is 6.54 Å². The summed E-state index contributed by atoms with van der Waals surface area (Å²) in [5.74, 6) is 1.14. The van der Waals surface area contributed by atoms with E-state index in [-0.39, 0.29) is 0 Å². The van der Waals surface area contributed by atoms with Crippen LogP contribution in [0.5, 0.6) is 0 Å². The quantitative estimate of drug-likeness (QED) is 0.917. The predicted molar refractivity (Wildman–Crippen MR) is 84.8 cm³/mol. The lowest BCUT2D eigenvalue weighted by atomic mass is 10.1. The normalized spacial score (nSPS) is 20.9. The monoisotopic (exact) mass is 270 g/mol. The van der Waals surface area contributed by atoms with E-state index in [0.717, 1.165) is 17.5 Å². The minimum Gasteiger partial charge on any atom is -0.361 e. The number of fused-ring (bicyclic) bond motifs is 1. The smallest absolute Gasteiger partial charge is 0.157 e. The molecular formula is C16H18N2S. The Hall–Kier alpha value is -1.48. The molecule has 2 nitrogen and oxygen atoms in total. The van der Waals surface area contributed by atoms with Crippen LogP contribution >= 0.6 is 11.8 Å². The summed E-state index contributed by atoms with van der Waals surface area (Å²) in [4.78, 5) is 4.71. The molecule has 1 atom stereocenters. The van der Waals surface area contributed by atoms with Crippen molar-refractivity contribution in [1.82, 2.24) is 5.32 Å². The second-order valence-corrected chi connectivity index (χ2v) is 5.83. The van der Waals surface area contributed by atoms with Gasteiger partial charge < -0.3 is 5.32 Å². The fourth-order valence-corrected chi connectivity index (χ4v) is 3.42. The summed E-state index contributed by atoms with van der Waals surface area (Å²) in [6, 6.07) is 15.5. The van der Waals surface area contributed by atoms with Crippen LogP contribution in [0.4, 0.5) is 0 Å². The van der Waals surface area contributed by atoms with E-state index in [1.807, 2.05) is 11.8 Å². The topological polar surface area (TPSA) is 24.4 Å². The van der Waals surface area contributed by atoms with Crippen molar-refractivity contribution in [3.8, 4) is 0 Å². The van der Waals surface area contributed by atoms with Crippen LogP contribution in [0.25, 0.3) is 10.8 Å². The van der Waals surface area contributed by atoms with Crippen LogP contribution in [0.3, 0.4) is 0 Å². The number of nitrogens with one attached hydrogen (secondary N) is 1. The van der Waals surface area contributed by atoms with Crippen LogP contribution < -0.4 is 5.32 Å². The molecule has 0 amide bonds. The molecule has 1 N–H and O–H groups in total. The second kappa shape index (κ2) is 5.66. The Kier molecular flexibility index (Phi) is 3.74. The molecule has 1 heterocycles. The van der Waals surface area contributed by atoms with Crippen molar-refractivity contribution in [2.24, 2.45) is 4.99 Å². The molecular weight excluding hydrogens is 252 g/mol. The van der Waals surface area contributed by atoms with Gasteiger partial charge in [0.05, 0.1) is 6.54 Å². The maximum absolute atomic E-state index is 4.71. The Morgan fingerprint density at radius 1 is 1.21 bits per heavy atom. The molecule has 0 radical (unpaired) electrons. The molecule has 0 aromatic heterocycles. The molecule has 1 fully saturated rings. The van der Waals surface area contributed by atoms with Gasteiger partial charge in [-0.25, -0.2) is 0 Å². The van der Waals surface area contributed by atoms with E-state index in [9.17, 15) is 0 Å². The maximum atomic E-state index is 4.71. The molecule has 2 aromatic rings. The van der Waals surface area contributed by atoms with Crippen molar-refractivity contribution < 1.29 is 0 Å². The van der Waals surface area contributed by atoms with Crippen molar-refractivity contribution in [3.05, 3.63) is 48.0 Å². The largest absolute Gasteiger partial charge is 0.361 e. The molecule has 1 saturated heterocycles. The Bertz CT molecular complexity index is 601. The number of aliphatic imine (C=N–C) groups is 1. The third-order valence-electron chi connectivity index (χ3n) is 3.51. The van der Waals surface area contributed by atoms with E-state index in [2.05, 4.69) is 54.7 Å². The fraction of sp³-hybridized carbons (Fsp3) is 0.312. The third kappa shape index (κ3) is 2.76. The van der Waals surface area contributed by atoms with Crippen LogP contribution in [0.15, 0.2) is 47.5 Å². The van der Waals surface area contributed by atoms with Crippen molar-refractivity contribution in [1.29, 1.82) is 0 Å². The summed E-state index contributed by atoms with van der Waals surface area (Å²) in [5, 5.41) is 7.17. The van der Waals surface area contributed by atoms with Crippen LogP contribution in [-0.4, -0.2) is 17.0 Å². The van der Waals surface area contributed by atoms with E-state index in [1.54, 1.807) is 0 Å². The lowest BCUT2D eigenvalue weighted by Gasteiger charge is -2.06. The van der Waals surface area contributed by atoms with Crippen molar-refractivity contribution in [3.63, 3.8) is 0 Å². The fourth-order valence-electron chi connectivity index (χ4n) is 2.34. The average molecular weight is 270 g/mol. The number of hydrogen-bond donors (Lipinski definition) is 1. The Morgan fingerprint density at radius 3 is 2.89 bits per heavy atom. The predicted octanol–water partition coefficient (Wildman–Crippen LogP) is 3.81. The zero-order valence-electron chi connectivity index (χ0n) is 11.1. The average Bonchev–Trinajstić information content (AvgIpc) is 2.93. The molecule has 0 bridgehead atoms. The first-order valence-corrected chi connectivity index (χ1v) is 7.76. The highest BCUT2D eigenvalue weighted by Crippen LogP contribution is 2.21. The Morgan fingerprint density at radius 2 is 2.05 bits per heavy atom. The van der Waals surface area contributed by atoms with Gasteiger partial charge in [0.1, 0.15) is 0 Å². The first-order chi connectivity index (χ1) is 9.36. The minimum absolute atomic E-state index is 0.594. The van der Waals surface area contributed by atoms with Crippen molar-refractivity contribution in [2.45, 2.75) is 25.9 Å². The molecule has 3 heteroatoms. The second-order valence-electron chi connectivity index (χ2n) is 4.82. The lowest BCUT2D eigenvalue weighted by molar-refractivity contribution is 0.667. The van der Waals surface area contributed by atoms with Gasteiger partial charge in [-0.1, -0.05) is 61.2 Å². The number of hydrogen-bond acceptors (Lipinski definition) is 2.